The highest BCUT2D eigenvalue weighted by Gasteiger charge is 2.06. The highest BCUT2D eigenvalue weighted by Crippen LogP contribution is 2.10. The van der Waals surface area contributed by atoms with E-state index in [-0.39, 0.29) is 11.7 Å². The van der Waals surface area contributed by atoms with Gasteiger partial charge in [-0.1, -0.05) is 0 Å². The van der Waals surface area contributed by atoms with Gasteiger partial charge in [0.05, 0.1) is 17.6 Å². The molecule has 6 nitrogen and oxygen atoms in total. The van der Waals surface area contributed by atoms with Gasteiger partial charge >= 0.3 is 0 Å². The van der Waals surface area contributed by atoms with Crippen LogP contribution < -0.4 is 11.5 Å². The Morgan fingerprint density at radius 1 is 1.41 bits per heavy atom. The molecule has 2 aromatic rings. The van der Waals surface area contributed by atoms with Crippen molar-refractivity contribution in [3.63, 3.8) is 0 Å². The van der Waals surface area contributed by atoms with E-state index in [1.54, 1.807) is 18.5 Å². The molecular weight excluding hydrogens is 218 g/mol. The van der Waals surface area contributed by atoms with Gasteiger partial charge < -0.3 is 11.5 Å². The molecule has 0 bridgehead atoms. The molecule has 0 spiro atoms. The third-order valence-corrected chi connectivity index (χ3v) is 2.34. The van der Waals surface area contributed by atoms with Crippen LogP contribution in [0.4, 0.5) is 0 Å². The average molecular weight is 231 g/mol. The molecule has 0 aromatic carbocycles. The zero-order valence-electron chi connectivity index (χ0n) is 9.37. The van der Waals surface area contributed by atoms with Crippen LogP contribution in [0.2, 0.25) is 0 Å². The zero-order valence-corrected chi connectivity index (χ0v) is 9.37. The van der Waals surface area contributed by atoms with E-state index in [9.17, 15) is 4.79 Å². The predicted octanol–water partition coefficient (Wildman–Crippen LogP) is 0.386. The largest absolute Gasteiger partial charge is 0.364 e. The standard InChI is InChI=1S/C11H13N5O/c1-7(12)9-3-2-8(6-14-9)16-5-4-10(15-16)11(13)17/h2-7H,12H2,1H3,(H2,13,17). The quantitative estimate of drug-likeness (QED) is 0.797. The van der Waals surface area contributed by atoms with Crippen molar-refractivity contribution in [3.05, 3.63) is 42.0 Å². The Hall–Kier alpha value is -2.21. The van der Waals surface area contributed by atoms with Crippen molar-refractivity contribution >= 4 is 5.91 Å². The first-order valence-electron chi connectivity index (χ1n) is 5.15. The molecule has 88 valence electrons. The maximum absolute atomic E-state index is 10.9. The lowest BCUT2D eigenvalue weighted by Crippen LogP contribution is -2.12. The second-order valence-corrected chi connectivity index (χ2v) is 3.74. The van der Waals surface area contributed by atoms with Gasteiger partial charge in [0.25, 0.3) is 5.91 Å². The molecule has 2 rings (SSSR count). The van der Waals surface area contributed by atoms with Crippen LogP contribution in [-0.2, 0) is 0 Å². The van der Waals surface area contributed by atoms with Crippen molar-refractivity contribution in [3.8, 4) is 5.69 Å². The Balaban J connectivity index is 2.30. The number of primary amides is 1. The third kappa shape index (κ3) is 2.31. The Morgan fingerprint density at radius 3 is 2.65 bits per heavy atom. The Labute approximate surface area is 98.3 Å². The van der Waals surface area contributed by atoms with E-state index in [1.807, 2.05) is 19.1 Å². The molecule has 0 aliphatic heterocycles. The summed E-state index contributed by atoms with van der Waals surface area (Å²) in [6.45, 7) is 1.86. The number of hydrogen-bond acceptors (Lipinski definition) is 4. The minimum absolute atomic E-state index is 0.108. The van der Waals surface area contributed by atoms with Crippen LogP contribution in [0.5, 0.6) is 0 Å². The van der Waals surface area contributed by atoms with Crippen LogP contribution in [-0.4, -0.2) is 20.7 Å². The summed E-state index contributed by atoms with van der Waals surface area (Å²) in [4.78, 5) is 15.1. The second kappa shape index (κ2) is 4.34. The topological polar surface area (TPSA) is 99.8 Å². The number of rotatable bonds is 3. The summed E-state index contributed by atoms with van der Waals surface area (Å²) >= 11 is 0. The van der Waals surface area contributed by atoms with Crippen LogP contribution in [0, 0.1) is 0 Å². The van der Waals surface area contributed by atoms with E-state index < -0.39 is 5.91 Å². The number of aromatic nitrogens is 3. The first-order valence-corrected chi connectivity index (χ1v) is 5.15. The first-order chi connectivity index (χ1) is 8.08. The lowest BCUT2D eigenvalue weighted by atomic mass is 10.2. The van der Waals surface area contributed by atoms with Crippen LogP contribution in [0.15, 0.2) is 30.6 Å². The molecule has 0 saturated heterocycles. The molecule has 0 saturated carbocycles. The maximum Gasteiger partial charge on any atom is 0.269 e. The number of pyridine rings is 1. The summed E-state index contributed by atoms with van der Waals surface area (Å²) in [6, 6.07) is 5.11. The molecule has 1 amide bonds. The fourth-order valence-corrected chi connectivity index (χ4v) is 1.40. The molecule has 2 heterocycles. The molecule has 2 aromatic heterocycles. The smallest absolute Gasteiger partial charge is 0.269 e. The van der Waals surface area contributed by atoms with Gasteiger partial charge in [-0.2, -0.15) is 5.10 Å². The van der Waals surface area contributed by atoms with Crippen molar-refractivity contribution in [2.75, 3.05) is 0 Å². The Bertz CT molecular complexity index is 529. The summed E-state index contributed by atoms with van der Waals surface area (Å²) in [7, 11) is 0. The van der Waals surface area contributed by atoms with Crippen LogP contribution >= 0.6 is 0 Å². The van der Waals surface area contributed by atoms with Gasteiger partial charge in [0, 0.05) is 12.2 Å². The molecule has 0 aliphatic rings. The van der Waals surface area contributed by atoms with E-state index >= 15 is 0 Å². The molecule has 0 fully saturated rings. The fourth-order valence-electron chi connectivity index (χ4n) is 1.40. The zero-order chi connectivity index (χ0) is 12.4. The summed E-state index contributed by atoms with van der Waals surface area (Å²) < 4.78 is 1.54. The molecular formula is C11H13N5O. The van der Waals surface area contributed by atoms with Gasteiger partial charge in [0.15, 0.2) is 0 Å². The van der Waals surface area contributed by atoms with E-state index in [2.05, 4.69) is 10.1 Å². The average Bonchev–Trinajstić information content (AvgIpc) is 2.78. The van der Waals surface area contributed by atoms with Gasteiger partial charge in [-0.25, -0.2) is 4.68 Å². The number of amides is 1. The number of carbonyl (C=O) groups is 1. The monoisotopic (exact) mass is 231 g/mol. The van der Waals surface area contributed by atoms with Gasteiger partial charge in [-0.15, -0.1) is 0 Å². The van der Waals surface area contributed by atoms with Crippen LogP contribution in [0.25, 0.3) is 5.69 Å². The number of nitrogens with zero attached hydrogens (tertiary/aromatic N) is 3. The number of carbonyl (C=O) groups excluding carboxylic acids is 1. The molecule has 0 aliphatic carbocycles. The molecule has 0 radical (unpaired) electrons. The van der Waals surface area contributed by atoms with Crippen molar-refractivity contribution in [2.24, 2.45) is 11.5 Å². The lowest BCUT2D eigenvalue weighted by Gasteiger charge is -2.05. The van der Waals surface area contributed by atoms with Gasteiger partial charge in [-0.3, -0.25) is 9.78 Å². The van der Waals surface area contributed by atoms with Crippen molar-refractivity contribution in [2.45, 2.75) is 13.0 Å². The minimum atomic E-state index is -0.552. The number of hydrogen-bond donors (Lipinski definition) is 2. The van der Waals surface area contributed by atoms with Gasteiger partial charge in [0.1, 0.15) is 5.69 Å². The van der Waals surface area contributed by atoms with Crippen LogP contribution in [0.1, 0.15) is 29.1 Å². The number of nitrogens with two attached hydrogens (primary N) is 2. The highest BCUT2D eigenvalue weighted by atomic mass is 16.1. The van der Waals surface area contributed by atoms with Crippen molar-refractivity contribution in [1.29, 1.82) is 0 Å². The van der Waals surface area contributed by atoms with Crippen molar-refractivity contribution < 1.29 is 4.79 Å². The molecule has 4 N–H and O–H groups in total. The first kappa shape index (κ1) is 11.3. The second-order valence-electron chi connectivity index (χ2n) is 3.74. The predicted molar refractivity (Wildman–Crippen MR) is 62.5 cm³/mol. The summed E-state index contributed by atoms with van der Waals surface area (Å²) in [6.07, 6.45) is 3.30. The van der Waals surface area contributed by atoms with Gasteiger partial charge in [0.2, 0.25) is 0 Å². The van der Waals surface area contributed by atoms with E-state index in [1.165, 1.54) is 4.68 Å². The molecule has 6 heteroatoms. The Kier molecular flexibility index (Phi) is 2.88. The Morgan fingerprint density at radius 2 is 2.18 bits per heavy atom. The fraction of sp³-hybridized carbons (Fsp3) is 0.182. The third-order valence-electron chi connectivity index (χ3n) is 2.34. The summed E-state index contributed by atoms with van der Waals surface area (Å²) in [5.74, 6) is -0.552. The van der Waals surface area contributed by atoms with Gasteiger partial charge in [-0.05, 0) is 25.1 Å². The minimum Gasteiger partial charge on any atom is -0.364 e. The van der Waals surface area contributed by atoms with E-state index in [0.717, 1.165) is 11.4 Å². The van der Waals surface area contributed by atoms with Crippen molar-refractivity contribution in [1.82, 2.24) is 14.8 Å². The molecule has 1 unspecified atom stereocenters. The summed E-state index contributed by atoms with van der Waals surface area (Å²) in [5, 5.41) is 4.03. The highest BCUT2D eigenvalue weighted by molar-refractivity contribution is 5.90. The molecule has 1 atom stereocenters. The van der Waals surface area contributed by atoms with E-state index in [4.69, 9.17) is 11.5 Å². The van der Waals surface area contributed by atoms with Crippen LogP contribution in [0.3, 0.4) is 0 Å². The SMILES string of the molecule is CC(N)c1ccc(-n2ccc(C(N)=O)n2)cn1. The lowest BCUT2D eigenvalue weighted by molar-refractivity contribution is 0.0995. The molecule has 17 heavy (non-hydrogen) atoms. The van der Waals surface area contributed by atoms with E-state index in [0.29, 0.717) is 0 Å². The summed E-state index contributed by atoms with van der Waals surface area (Å²) in [5.41, 5.74) is 12.6. The normalized spacial score (nSPS) is 12.4. The maximum atomic E-state index is 10.9.